The van der Waals surface area contributed by atoms with Gasteiger partial charge >= 0.3 is 12.1 Å². The molecule has 9 nitrogen and oxygen atoms in total. The van der Waals surface area contributed by atoms with Crippen molar-refractivity contribution in [1.29, 1.82) is 0 Å². The molecule has 0 fully saturated rings. The first-order valence-electron chi connectivity index (χ1n) is 10.6. The van der Waals surface area contributed by atoms with Crippen molar-refractivity contribution in [2.45, 2.75) is 38.5 Å². The zero-order valence-electron chi connectivity index (χ0n) is 19.3. The minimum absolute atomic E-state index is 0.132. The molecule has 0 radical (unpaired) electrons. The van der Waals surface area contributed by atoms with Crippen molar-refractivity contribution in [3.63, 3.8) is 0 Å². The molecule has 2 heterocycles. The van der Waals surface area contributed by atoms with E-state index in [0.29, 0.717) is 24.0 Å². The van der Waals surface area contributed by atoms with Gasteiger partial charge in [0.1, 0.15) is 5.82 Å². The van der Waals surface area contributed by atoms with E-state index in [-0.39, 0.29) is 11.6 Å². The lowest BCUT2D eigenvalue weighted by molar-refractivity contribution is -0.192. The van der Waals surface area contributed by atoms with E-state index in [1.807, 2.05) is 16.8 Å². The van der Waals surface area contributed by atoms with Crippen LogP contribution in [0.2, 0.25) is 0 Å². The van der Waals surface area contributed by atoms with E-state index in [4.69, 9.17) is 21.4 Å². The Morgan fingerprint density at radius 3 is 2.31 bits per heavy atom. The second-order valence-corrected chi connectivity index (χ2v) is 8.74. The Hall–Kier alpha value is -3.93. The molecule has 186 valence electrons. The standard InChI is InChI=1S/C21H25N7.C2HF3O2/c1-21(2,3)28-19-16(12-24-28)18(23)26-20(27-19)25-17(11-22)15-9-8-13-6-4-5-7-14(13)10-15;3-2(4,5)1(6)7/h4-10,12,17H,11,22H2,1-3H3,(H3,23,25,26,27);(H,6,7). The van der Waals surface area contributed by atoms with Crippen LogP contribution in [0.1, 0.15) is 32.4 Å². The number of nitrogens with one attached hydrogen (secondary N) is 1. The second kappa shape index (κ2) is 9.74. The summed E-state index contributed by atoms with van der Waals surface area (Å²) in [4.78, 5) is 18.0. The van der Waals surface area contributed by atoms with Crippen molar-refractivity contribution in [1.82, 2.24) is 19.7 Å². The predicted octanol–water partition coefficient (Wildman–Crippen LogP) is 4.06. The second-order valence-electron chi connectivity index (χ2n) is 8.74. The average Bonchev–Trinajstić information content (AvgIpc) is 3.22. The summed E-state index contributed by atoms with van der Waals surface area (Å²) in [6.45, 7) is 6.62. The van der Waals surface area contributed by atoms with E-state index in [1.54, 1.807) is 6.20 Å². The van der Waals surface area contributed by atoms with Gasteiger partial charge in [-0.1, -0.05) is 36.4 Å². The number of nitrogen functional groups attached to an aromatic ring is 1. The smallest absolute Gasteiger partial charge is 0.475 e. The van der Waals surface area contributed by atoms with Crippen LogP contribution in [0, 0.1) is 0 Å². The number of anilines is 2. The molecule has 4 aromatic rings. The van der Waals surface area contributed by atoms with E-state index in [9.17, 15) is 13.2 Å². The number of rotatable bonds is 4. The number of alkyl halides is 3. The SMILES string of the molecule is CC(C)(C)n1ncc2c(N)nc(NC(CN)c3ccc4ccccc4c3)nc21.O=C(O)C(F)(F)F. The number of aliphatic carboxylic acids is 1. The first-order chi connectivity index (χ1) is 16.3. The van der Waals surface area contributed by atoms with Gasteiger partial charge in [0.15, 0.2) is 5.65 Å². The summed E-state index contributed by atoms with van der Waals surface area (Å²) in [5, 5.41) is 18.0. The molecule has 12 heteroatoms. The highest BCUT2D eigenvalue weighted by Crippen LogP contribution is 2.27. The normalized spacial score (nSPS) is 12.8. The number of nitrogens with zero attached hydrogens (tertiary/aromatic N) is 4. The molecule has 1 unspecified atom stereocenters. The molecule has 0 saturated heterocycles. The molecule has 2 aromatic heterocycles. The maximum Gasteiger partial charge on any atom is 0.490 e. The quantitative estimate of drug-likeness (QED) is 0.336. The summed E-state index contributed by atoms with van der Waals surface area (Å²) in [7, 11) is 0. The van der Waals surface area contributed by atoms with Crippen molar-refractivity contribution in [3.05, 3.63) is 54.2 Å². The fourth-order valence-electron chi connectivity index (χ4n) is 3.34. The summed E-state index contributed by atoms with van der Waals surface area (Å²) in [5.41, 5.74) is 13.8. The molecular weight excluding hydrogens is 463 g/mol. The average molecular weight is 490 g/mol. The molecule has 0 bridgehead atoms. The molecular formula is C23H26F3N7O2. The van der Waals surface area contributed by atoms with Crippen LogP contribution in [0.25, 0.3) is 21.8 Å². The number of carboxylic acids is 1. The maximum atomic E-state index is 10.6. The van der Waals surface area contributed by atoms with Crippen LogP contribution < -0.4 is 16.8 Å². The summed E-state index contributed by atoms with van der Waals surface area (Å²) < 4.78 is 33.6. The number of hydrogen-bond acceptors (Lipinski definition) is 7. The highest BCUT2D eigenvalue weighted by molar-refractivity contribution is 5.86. The zero-order valence-corrected chi connectivity index (χ0v) is 19.3. The van der Waals surface area contributed by atoms with Crippen LogP contribution in [-0.4, -0.2) is 43.5 Å². The summed E-state index contributed by atoms with van der Waals surface area (Å²) in [6, 6.07) is 14.4. The topological polar surface area (TPSA) is 145 Å². The Bertz CT molecular complexity index is 1350. The molecule has 1 atom stereocenters. The van der Waals surface area contributed by atoms with Crippen molar-refractivity contribution in [3.8, 4) is 0 Å². The monoisotopic (exact) mass is 489 g/mol. The molecule has 35 heavy (non-hydrogen) atoms. The summed E-state index contributed by atoms with van der Waals surface area (Å²) in [6.07, 6.45) is -3.37. The van der Waals surface area contributed by atoms with Crippen LogP contribution in [0.3, 0.4) is 0 Å². The third kappa shape index (κ3) is 5.96. The fourth-order valence-corrected chi connectivity index (χ4v) is 3.34. The highest BCUT2D eigenvalue weighted by atomic mass is 19.4. The molecule has 6 N–H and O–H groups in total. The molecule has 0 aliphatic rings. The van der Waals surface area contributed by atoms with Crippen molar-refractivity contribution in [2.75, 3.05) is 17.6 Å². The lowest BCUT2D eigenvalue weighted by Gasteiger charge is -2.21. The number of carbonyl (C=O) groups is 1. The Kier molecular flexibility index (Phi) is 7.15. The third-order valence-corrected chi connectivity index (χ3v) is 5.05. The Balaban J connectivity index is 0.000000429. The summed E-state index contributed by atoms with van der Waals surface area (Å²) >= 11 is 0. The van der Waals surface area contributed by atoms with E-state index >= 15 is 0 Å². The van der Waals surface area contributed by atoms with Gasteiger partial charge in [0, 0.05) is 6.54 Å². The van der Waals surface area contributed by atoms with E-state index in [2.05, 4.69) is 71.5 Å². The Morgan fingerprint density at radius 1 is 1.11 bits per heavy atom. The summed E-state index contributed by atoms with van der Waals surface area (Å²) in [5.74, 6) is -1.91. The zero-order chi connectivity index (χ0) is 26.0. The van der Waals surface area contributed by atoms with Gasteiger partial charge < -0.3 is 21.9 Å². The van der Waals surface area contributed by atoms with Crippen molar-refractivity contribution < 1.29 is 23.1 Å². The lowest BCUT2D eigenvalue weighted by Crippen LogP contribution is -2.24. The molecule has 0 aliphatic carbocycles. The minimum atomic E-state index is -5.08. The molecule has 0 aliphatic heterocycles. The van der Waals surface area contributed by atoms with Crippen molar-refractivity contribution in [2.24, 2.45) is 5.73 Å². The Labute approximate surface area is 199 Å². The highest BCUT2D eigenvalue weighted by Gasteiger charge is 2.38. The number of halogens is 3. The van der Waals surface area contributed by atoms with Crippen LogP contribution in [0.15, 0.2) is 48.7 Å². The first-order valence-corrected chi connectivity index (χ1v) is 10.6. The van der Waals surface area contributed by atoms with Gasteiger partial charge in [0.25, 0.3) is 0 Å². The largest absolute Gasteiger partial charge is 0.490 e. The number of hydrogen-bond donors (Lipinski definition) is 4. The van der Waals surface area contributed by atoms with Gasteiger partial charge in [0.2, 0.25) is 5.95 Å². The van der Waals surface area contributed by atoms with Gasteiger partial charge in [-0.3, -0.25) is 0 Å². The molecule has 4 rings (SSSR count). The van der Waals surface area contributed by atoms with Crippen LogP contribution in [0.5, 0.6) is 0 Å². The van der Waals surface area contributed by atoms with Crippen molar-refractivity contribution >= 4 is 39.5 Å². The van der Waals surface area contributed by atoms with Gasteiger partial charge in [-0.25, -0.2) is 9.48 Å². The van der Waals surface area contributed by atoms with Gasteiger partial charge in [-0.05, 0) is 43.2 Å². The van der Waals surface area contributed by atoms with Crippen LogP contribution in [0.4, 0.5) is 24.9 Å². The molecule has 0 spiro atoms. The maximum absolute atomic E-state index is 10.6. The van der Waals surface area contributed by atoms with Crippen LogP contribution in [-0.2, 0) is 10.3 Å². The fraction of sp³-hybridized carbons (Fsp3) is 0.304. The van der Waals surface area contributed by atoms with Gasteiger partial charge in [0.05, 0.1) is 23.2 Å². The number of aromatic nitrogens is 4. The van der Waals surface area contributed by atoms with E-state index in [1.165, 1.54) is 10.8 Å². The number of carboxylic acid groups (broad SMARTS) is 1. The van der Waals surface area contributed by atoms with Gasteiger partial charge in [-0.15, -0.1) is 0 Å². The third-order valence-electron chi connectivity index (χ3n) is 5.05. The van der Waals surface area contributed by atoms with Crippen LogP contribution >= 0.6 is 0 Å². The minimum Gasteiger partial charge on any atom is -0.475 e. The number of benzene rings is 2. The van der Waals surface area contributed by atoms with E-state index < -0.39 is 12.1 Å². The number of fused-ring (bicyclic) bond motifs is 2. The molecule has 0 amide bonds. The number of nitrogens with two attached hydrogens (primary N) is 2. The molecule has 2 aromatic carbocycles. The first kappa shape index (κ1) is 25.7. The lowest BCUT2D eigenvalue weighted by atomic mass is 10.0. The van der Waals surface area contributed by atoms with E-state index in [0.717, 1.165) is 10.9 Å². The Morgan fingerprint density at radius 2 is 1.74 bits per heavy atom. The van der Waals surface area contributed by atoms with Gasteiger partial charge in [-0.2, -0.15) is 28.2 Å². The predicted molar refractivity (Wildman–Crippen MR) is 128 cm³/mol. The molecule has 0 saturated carbocycles.